The maximum absolute atomic E-state index is 13.5. The lowest BCUT2D eigenvalue weighted by Gasteiger charge is -2.00. The summed E-state index contributed by atoms with van der Waals surface area (Å²) < 4.78 is 23.3. The predicted molar refractivity (Wildman–Crippen MR) is 45.3 cm³/mol. The fourth-order valence-corrected chi connectivity index (χ4v) is 1.27. The molecule has 0 aliphatic carbocycles. The zero-order chi connectivity index (χ0) is 9.42. The van der Waals surface area contributed by atoms with Crippen molar-refractivity contribution in [3.8, 4) is 5.75 Å². The van der Waals surface area contributed by atoms with Crippen molar-refractivity contribution in [3.63, 3.8) is 0 Å². The summed E-state index contributed by atoms with van der Waals surface area (Å²) in [6, 6.07) is 3.15. The molecule has 0 aliphatic rings. The molecule has 2 rings (SSSR count). The average molecular weight is 181 g/mol. The Morgan fingerprint density at radius 2 is 2.23 bits per heavy atom. The normalized spacial score (nSPS) is 10.7. The molecule has 1 aromatic heterocycles. The number of aryl methyl sites for hydroxylation is 1. The maximum Gasteiger partial charge on any atom is 0.178 e. The number of hydrogen-bond donors (Lipinski definition) is 0. The van der Waals surface area contributed by atoms with Crippen molar-refractivity contribution < 1.29 is 13.7 Å². The van der Waals surface area contributed by atoms with Gasteiger partial charge in [-0.3, -0.25) is 0 Å². The summed E-state index contributed by atoms with van der Waals surface area (Å²) in [6.45, 7) is 1.69. The van der Waals surface area contributed by atoms with Crippen LogP contribution in [0.5, 0.6) is 5.75 Å². The molecular formula is C9H8FNO2. The van der Waals surface area contributed by atoms with Crippen LogP contribution in [0.2, 0.25) is 0 Å². The molecule has 2 aromatic rings. The first kappa shape index (κ1) is 8.04. The summed E-state index contributed by atoms with van der Waals surface area (Å²) in [5.41, 5.74) is 0.974. The molecule has 0 fully saturated rings. The minimum atomic E-state index is -0.418. The lowest BCUT2D eigenvalue weighted by Crippen LogP contribution is -1.88. The van der Waals surface area contributed by atoms with E-state index in [0.717, 1.165) is 0 Å². The van der Waals surface area contributed by atoms with E-state index in [1.165, 1.54) is 13.2 Å². The molecule has 0 spiro atoms. The van der Waals surface area contributed by atoms with E-state index in [0.29, 0.717) is 16.7 Å². The van der Waals surface area contributed by atoms with Crippen LogP contribution < -0.4 is 4.74 Å². The summed E-state index contributed by atoms with van der Waals surface area (Å²) in [5, 5.41) is 4.05. The zero-order valence-electron chi connectivity index (χ0n) is 7.30. The van der Waals surface area contributed by atoms with Gasteiger partial charge in [0.2, 0.25) is 0 Å². The van der Waals surface area contributed by atoms with E-state index in [1.54, 1.807) is 13.0 Å². The van der Waals surface area contributed by atoms with E-state index in [9.17, 15) is 4.39 Å². The van der Waals surface area contributed by atoms with Gasteiger partial charge in [0, 0.05) is 0 Å². The van der Waals surface area contributed by atoms with Crippen LogP contribution in [-0.4, -0.2) is 12.3 Å². The molecule has 0 amide bonds. The number of rotatable bonds is 1. The topological polar surface area (TPSA) is 35.3 Å². The van der Waals surface area contributed by atoms with Crippen molar-refractivity contribution in [2.75, 3.05) is 7.11 Å². The maximum atomic E-state index is 13.5. The van der Waals surface area contributed by atoms with Crippen molar-refractivity contribution in [2.24, 2.45) is 0 Å². The molecule has 68 valence electrons. The molecule has 0 saturated carbocycles. The minimum absolute atomic E-state index is 0.207. The Kier molecular flexibility index (Phi) is 1.69. The molecular weight excluding hydrogens is 173 g/mol. The largest absolute Gasteiger partial charge is 0.494 e. The van der Waals surface area contributed by atoms with Gasteiger partial charge in [0.25, 0.3) is 0 Å². The fourth-order valence-electron chi connectivity index (χ4n) is 1.27. The van der Waals surface area contributed by atoms with Crippen LogP contribution in [0, 0.1) is 12.7 Å². The van der Waals surface area contributed by atoms with E-state index >= 15 is 0 Å². The third-order valence-electron chi connectivity index (χ3n) is 1.93. The fraction of sp³-hybridized carbons (Fsp3) is 0.222. The summed E-state index contributed by atoms with van der Waals surface area (Å²) in [5.74, 6) is -0.211. The Bertz CT molecular complexity index is 450. The van der Waals surface area contributed by atoms with Gasteiger partial charge >= 0.3 is 0 Å². The SMILES string of the molecule is COc1ccc2onc(C)c2c1F. The van der Waals surface area contributed by atoms with Gasteiger partial charge in [0.05, 0.1) is 18.2 Å². The van der Waals surface area contributed by atoms with Crippen molar-refractivity contribution in [2.45, 2.75) is 6.92 Å². The van der Waals surface area contributed by atoms with Crippen LogP contribution in [0.1, 0.15) is 5.69 Å². The van der Waals surface area contributed by atoms with Crippen LogP contribution in [0.3, 0.4) is 0 Å². The quantitative estimate of drug-likeness (QED) is 0.677. The molecule has 0 saturated heterocycles. The third-order valence-corrected chi connectivity index (χ3v) is 1.93. The molecule has 0 N–H and O–H groups in total. The number of halogens is 1. The molecule has 0 bridgehead atoms. The Hall–Kier alpha value is -1.58. The molecule has 0 radical (unpaired) electrons. The summed E-state index contributed by atoms with van der Waals surface area (Å²) >= 11 is 0. The van der Waals surface area contributed by atoms with E-state index in [2.05, 4.69) is 5.16 Å². The molecule has 0 atom stereocenters. The first-order valence-electron chi connectivity index (χ1n) is 3.82. The van der Waals surface area contributed by atoms with Gasteiger partial charge in [-0.15, -0.1) is 0 Å². The summed E-state index contributed by atoms with van der Waals surface area (Å²) in [4.78, 5) is 0. The van der Waals surface area contributed by atoms with Crippen molar-refractivity contribution in [1.82, 2.24) is 5.16 Å². The van der Waals surface area contributed by atoms with Gasteiger partial charge in [0.1, 0.15) is 0 Å². The highest BCUT2D eigenvalue weighted by Gasteiger charge is 2.13. The molecule has 13 heavy (non-hydrogen) atoms. The lowest BCUT2D eigenvalue weighted by molar-refractivity contribution is 0.388. The second-order valence-electron chi connectivity index (χ2n) is 2.72. The first-order valence-corrected chi connectivity index (χ1v) is 3.82. The molecule has 1 aromatic carbocycles. The van der Waals surface area contributed by atoms with Gasteiger partial charge < -0.3 is 9.26 Å². The van der Waals surface area contributed by atoms with Crippen LogP contribution in [0.15, 0.2) is 16.7 Å². The molecule has 3 nitrogen and oxygen atoms in total. The number of ether oxygens (including phenoxy) is 1. The third kappa shape index (κ3) is 1.06. The predicted octanol–water partition coefficient (Wildman–Crippen LogP) is 2.28. The molecule has 0 unspecified atom stereocenters. The average Bonchev–Trinajstić information content (AvgIpc) is 2.49. The molecule has 0 aliphatic heterocycles. The second kappa shape index (κ2) is 2.73. The second-order valence-corrected chi connectivity index (χ2v) is 2.72. The Morgan fingerprint density at radius 1 is 1.46 bits per heavy atom. The van der Waals surface area contributed by atoms with Crippen LogP contribution >= 0.6 is 0 Å². The van der Waals surface area contributed by atoms with E-state index in [1.807, 2.05) is 0 Å². The van der Waals surface area contributed by atoms with Gasteiger partial charge in [0.15, 0.2) is 17.1 Å². The number of fused-ring (bicyclic) bond motifs is 1. The van der Waals surface area contributed by atoms with Gasteiger partial charge in [-0.25, -0.2) is 4.39 Å². The van der Waals surface area contributed by atoms with Gasteiger partial charge in [-0.2, -0.15) is 0 Å². The number of hydrogen-bond acceptors (Lipinski definition) is 3. The Morgan fingerprint density at radius 3 is 2.92 bits per heavy atom. The summed E-state index contributed by atoms with van der Waals surface area (Å²) in [6.07, 6.45) is 0. The van der Waals surface area contributed by atoms with Crippen LogP contribution in [0.4, 0.5) is 4.39 Å². The zero-order valence-corrected chi connectivity index (χ0v) is 7.30. The Labute approximate surface area is 74.1 Å². The number of methoxy groups -OCH3 is 1. The highest BCUT2D eigenvalue weighted by molar-refractivity contribution is 5.81. The monoisotopic (exact) mass is 181 g/mol. The molecule has 4 heteroatoms. The van der Waals surface area contributed by atoms with Crippen LogP contribution in [0.25, 0.3) is 11.0 Å². The molecule has 1 heterocycles. The highest BCUT2D eigenvalue weighted by atomic mass is 19.1. The number of benzene rings is 1. The Balaban J connectivity index is 2.83. The van der Waals surface area contributed by atoms with E-state index < -0.39 is 5.82 Å². The lowest BCUT2D eigenvalue weighted by atomic mass is 10.2. The van der Waals surface area contributed by atoms with Gasteiger partial charge in [-0.05, 0) is 19.1 Å². The number of nitrogens with zero attached hydrogens (tertiary/aromatic N) is 1. The minimum Gasteiger partial charge on any atom is -0.494 e. The van der Waals surface area contributed by atoms with E-state index in [-0.39, 0.29) is 5.75 Å². The summed E-state index contributed by atoms with van der Waals surface area (Å²) in [7, 11) is 1.42. The first-order chi connectivity index (χ1) is 6.24. The van der Waals surface area contributed by atoms with Crippen molar-refractivity contribution in [1.29, 1.82) is 0 Å². The number of aromatic nitrogens is 1. The highest BCUT2D eigenvalue weighted by Crippen LogP contribution is 2.28. The van der Waals surface area contributed by atoms with Crippen LogP contribution in [-0.2, 0) is 0 Å². The van der Waals surface area contributed by atoms with E-state index in [4.69, 9.17) is 9.26 Å². The standard InChI is InChI=1S/C9H8FNO2/c1-5-8-6(13-11-5)3-4-7(12-2)9(8)10/h3-4H,1-2H3. The smallest absolute Gasteiger partial charge is 0.178 e. The van der Waals surface area contributed by atoms with Crippen molar-refractivity contribution >= 4 is 11.0 Å². The van der Waals surface area contributed by atoms with Crippen molar-refractivity contribution in [3.05, 3.63) is 23.6 Å². The van der Waals surface area contributed by atoms with Gasteiger partial charge in [-0.1, -0.05) is 5.16 Å².